The van der Waals surface area contributed by atoms with Gasteiger partial charge >= 0.3 is 0 Å². The third-order valence-corrected chi connectivity index (χ3v) is 3.87. The summed E-state index contributed by atoms with van der Waals surface area (Å²) in [5.41, 5.74) is 0. The second-order valence-electron chi connectivity index (χ2n) is 3.78. The molecule has 2 heteroatoms. The predicted molar refractivity (Wildman–Crippen MR) is 68.4 cm³/mol. The van der Waals surface area contributed by atoms with Crippen LogP contribution in [0, 0.1) is 0 Å². The molecule has 0 heterocycles. The summed E-state index contributed by atoms with van der Waals surface area (Å²) in [4.78, 5) is 2.84. The molecule has 0 saturated carbocycles. The van der Waals surface area contributed by atoms with Gasteiger partial charge in [-0.3, -0.25) is 0 Å². The predicted octanol–water partition coefficient (Wildman–Crippen LogP) is 4.69. The Morgan fingerprint density at radius 3 is 1.43 bits per heavy atom. The molecule has 0 fully saturated rings. The van der Waals surface area contributed by atoms with Gasteiger partial charge in [-0.2, -0.15) is 0 Å². The van der Waals surface area contributed by atoms with Gasteiger partial charge in [0.2, 0.25) is 0 Å². The highest BCUT2D eigenvalue weighted by Gasteiger charge is 2.06. The molecule has 0 unspecified atom stereocenters. The molecule has 1 aromatic carbocycles. The summed E-state index contributed by atoms with van der Waals surface area (Å²) < 4.78 is 0. The molecule has 1 rings (SSSR count). The SMILES string of the molecule is CC(C)Sc1ccccc1SC(C)C. The fourth-order valence-corrected chi connectivity index (χ4v) is 3.14. The number of thioether (sulfide) groups is 2. The van der Waals surface area contributed by atoms with Gasteiger partial charge in [-0.25, -0.2) is 0 Å². The lowest BCUT2D eigenvalue weighted by molar-refractivity contribution is 1.08. The molecule has 0 aliphatic rings. The van der Waals surface area contributed by atoms with E-state index >= 15 is 0 Å². The molecule has 0 aliphatic heterocycles. The van der Waals surface area contributed by atoms with E-state index in [4.69, 9.17) is 0 Å². The van der Waals surface area contributed by atoms with Crippen LogP contribution in [0.15, 0.2) is 34.1 Å². The van der Waals surface area contributed by atoms with Gasteiger partial charge in [0.1, 0.15) is 0 Å². The number of benzene rings is 1. The van der Waals surface area contributed by atoms with Gasteiger partial charge in [0, 0.05) is 20.3 Å². The molecule has 0 aromatic heterocycles. The first-order chi connectivity index (χ1) is 6.59. The van der Waals surface area contributed by atoms with Gasteiger partial charge in [-0.1, -0.05) is 39.8 Å². The number of hydrogen-bond acceptors (Lipinski definition) is 2. The van der Waals surface area contributed by atoms with Crippen molar-refractivity contribution < 1.29 is 0 Å². The van der Waals surface area contributed by atoms with Crippen molar-refractivity contribution in [3.63, 3.8) is 0 Å². The van der Waals surface area contributed by atoms with Crippen molar-refractivity contribution in [2.45, 2.75) is 48.0 Å². The Labute approximate surface area is 95.9 Å². The molecule has 78 valence electrons. The molecule has 1 aromatic rings. The maximum absolute atomic E-state index is 2.24. The minimum absolute atomic E-state index is 0.656. The van der Waals surface area contributed by atoms with Crippen LogP contribution < -0.4 is 0 Å². The Bertz CT molecular complexity index is 250. The molecular formula is C12H18S2. The van der Waals surface area contributed by atoms with Gasteiger partial charge in [0.25, 0.3) is 0 Å². The Kier molecular flexibility index (Phi) is 4.90. The quantitative estimate of drug-likeness (QED) is 0.683. The van der Waals surface area contributed by atoms with Crippen molar-refractivity contribution in [2.75, 3.05) is 0 Å². The van der Waals surface area contributed by atoms with Crippen LogP contribution in [0.25, 0.3) is 0 Å². The van der Waals surface area contributed by atoms with Crippen LogP contribution in [0.3, 0.4) is 0 Å². The van der Waals surface area contributed by atoms with Gasteiger partial charge in [-0.15, -0.1) is 23.5 Å². The van der Waals surface area contributed by atoms with E-state index in [0.717, 1.165) is 0 Å². The molecule has 0 saturated heterocycles. The Hall–Kier alpha value is -0.0800. The van der Waals surface area contributed by atoms with E-state index in [2.05, 4.69) is 52.0 Å². The van der Waals surface area contributed by atoms with E-state index in [9.17, 15) is 0 Å². The summed E-state index contributed by atoms with van der Waals surface area (Å²) >= 11 is 3.89. The lowest BCUT2D eigenvalue weighted by Crippen LogP contribution is -1.91. The lowest BCUT2D eigenvalue weighted by atomic mass is 10.4. The van der Waals surface area contributed by atoms with Gasteiger partial charge in [0.05, 0.1) is 0 Å². The van der Waals surface area contributed by atoms with E-state index in [-0.39, 0.29) is 0 Å². The zero-order valence-corrected chi connectivity index (χ0v) is 10.9. The summed E-state index contributed by atoms with van der Waals surface area (Å²) in [7, 11) is 0. The van der Waals surface area contributed by atoms with Crippen LogP contribution in [0.2, 0.25) is 0 Å². The van der Waals surface area contributed by atoms with Crippen LogP contribution in [-0.2, 0) is 0 Å². The standard InChI is InChI=1S/C12H18S2/c1-9(2)13-11-7-5-6-8-12(11)14-10(3)4/h5-10H,1-4H3. The Morgan fingerprint density at radius 1 is 0.786 bits per heavy atom. The van der Waals surface area contributed by atoms with Gasteiger partial charge in [-0.05, 0) is 12.1 Å². The first-order valence-corrected chi connectivity index (χ1v) is 6.78. The molecule has 0 amide bonds. The van der Waals surface area contributed by atoms with Crippen LogP contribution >= 0.6 is 23.5 Å². The van der Waals surface area contributed by atoms with E-state index in [0.29, 0.717) is 10.5 Å². The van der Waals surface area contributed by atoms with Crippen molar-refractivity contribution >= 4 is 23.5 Å². The van der Waals surface area contributed by atoms with Gasteiger partial charge in [0.15, 0.2) is 0 Å². The van der Waals surface area contributed by atoms with E-state index < -0.39 is 0 Å². The Morgan fingerprint density at radius 2 is 1.14 bits per heavy atom. The average molecular weight is 226 g/mol. The van der Waals surface area contributed by atoms with Crippen molar-refractivity contribution in [3.8, 4) is 0 Å². The minimum Gasteiger partial charge on any atom is -0.122 e. The topological polar surface area (TPSA) is 0 Å². The first-order valence-electron chi connectivity index (χ1n) is 5.02. The molecule has 0 N–H and O–H groups in total. The molecule has 0 bridgehead atoms. The molecule has 0 radical (unpaired) electrons. The third kappa shape index (κ3) is 3.97. The molecule has 14 heavy (non-hydrogen) atoms. The van der Waals surface area contributed by atoms with Gasteiger partial charge < -0.3 is 0 Å². The zero-order valence-electron chi connectivity index (χ0n) is 9.28. The third-order valence-electron chi connectivity index (χ3n) is 1.57. The fraction of sp³-hybridized carbons (Fsp3) is 0.500. The maximum Gasteiger partial charge on any atom is 0.0211 e. The van der Waals surface area contributed by atoms with E-state index in [1.54, 1.807) is 0 Å². The average Bonchev–Trinajstić information content (AvgIpc) is 2.06. The smallest absolute Gasteiger partial charge is 0.0211 e. The highest BCUT2D eigenvalue weighted by Crippen LogP contribution is 2.34. The van der Waals surface area contributed by atoms with E-state index in [1.807, 2.05) is 23.5 Å². The summed E-state index contributed by atoms with van der Waals surface area (Å²) in [5.74, 6) is 0. The van der Waals surface area contributed by atoms with Crippen molar-refractivity contribution in [3.05, 3.63) is 24.3 Å². The first kappa shape index (κ1) is 12.0. The zero-order chi connectivity index (χ0) is 10.6. The summed E-state index contributed by atoms with van der Waals surface area (Å²) in [6.45, 7) is 8.95. The second kappa shape index (κ2) is 5.72. The number of rotatable bonds is 4. The normalized spacial score (nSPS) is 11.3. The number of hydrogen-bond donors (Lipinski definition) is 0. The summed E-state index contributed by atoms with van der Waals surface area (Å²) in [5, 5.41) is 1.31. The molecular weight excluding hydrogens is 208 g/mol. The highest BCUT2D eigenvalue weighted by atomic mass is 32.2. The summed E-state index contributed by atoms with van der Waals surface area (Å²) in [6.07, 6.45) is 0. The molecule has 0 spiro atoms. The second-order valence-corrected chi connectivity index (χ2v) is 7.02. The molecule has 0 aliphatic carbocycles. The maximum atomic E-state index is 2.24. The largest absolute Gasteiger partial charge is 0.122 e. The molecule has 0 atom stereocenters. The molecule has 0 nitrogen and oxygen atoms in total. The van der Waals surface area contributed by atoms with E-state index in [1.165, 1.54) is 9.79 Å². The lowest BCUT2D eigenvalue weighted by Gasteiger charge is -2.12. The van der Waals surface area contributed by atoms with Crippen LogP contribution in [-0.4, -0.2) is 10.5 Å². The Balaban J connectivity index is 2.80. The van der Waals surface area contributed by atoms with Crippen LogP contribution in [0.4, 0.5) is 0 Å². The van der Waals surface area contributed by atoms with Crippen LogP contribution in [0.5, 0.6) is 0 Å². The summed E-state index contributed by atoms with van der Waals surface area (Å²) in [6, 6.07) is 8.68. The monoisotopic (exact) mass is 226 g/mol. The minimum atomic E-state index is 0.656. The van der Waals surface area contributed by atoms with Crippen molar-refractivity contribution in [1.29, 1.82) is 0 Å². The van der Waals surface area contributed by atoms with Crippen molar-refractivity contribution in [2.24, 2.45) is 0 Å². The van der Waals surface area contributed by atoms with Crippen molar-refractivity contribution in [1.82, 2.24) is 0 Å². The highest BCUT2D eigenvalue weighted by molar-refractivity contribution is 8.02. The fourth-order valence-electron chi connectivity index (χ4n) is 1.15. The van der Waals surface area contributed by atoms with Crippen LogP contribution in [0.1, 0.15) is 27.7 Å².